The molecule has 1 aromatic heterocycles. The minimum atomic E-state index is -4.32. The fourth-order valence-corrected chi connectivity index (χ4v) is 7.91. The normalized spacial score (nSPS) is 20.5. The van der Waals surface area contributed by atoms with Gasteiger partial charge in [0.15, 0.2) is 5.82 Å². The van der Waals surface area contributed by atoms with E-state index in [0.29, 0.717) is 36.1 Å². The van der Waals surface area contributed by atoms with Crippen LogP contribution in [0.25, 0.3) is 0 Å². The third kappa shape index (κ3) is 7.03. The van der Waals surface area contributed by atoms with Crippen molar-refractivity contribution in [2.75, 3.05) is 43.9 Å². The van der Waals surface area contributed by atoms with E-state index in [0.717, 1.165) is 48.8 Å². The van der Waals surface area contributed by atoms with Crippen LogP contribution in [0.15, 0.2) is 41.3 Å². The molecule has 0 radical (unpaired) electrons. The first-order chi connectivity index (χ1) is 22.3. The van der Waals surface area contributed by atoms with E-state index >= 15 is 0 Å². The molecule has 0 aliphatic carbocycles. The molecule has 252 valence electrons. The van der Waals surface area contributed by atoms with Crippen LogP contribution in [0, 0.1) is 11.6 Å². The second-order valence-corrected chi connectivity index (χ2v) is 14.9. The zero-order chi connectivity index (χ0) is 33.5. The Bertz CT molecular complexity index is 1760. The lowest BCUT2D eigenvalue weighted by Crippen LogP contribution is -2.45. The number of halogens is 2. The summed E-state index contributed by atoms with van der Waals surface area (Å²) in [7, 11) is -2.26. The number of piperidine rings is 1. The number of carbonyl (C=O) groups is 2. The summed E-state index contributed by atoms with van der Waals surface area (Å²) in [6.45, 7) is 5.65. The number of benzene rings is 2. The molecule has 0 spiro atoms. The lowest BCUT2D eigenvalue weighted by Gasteiger charge is -2.36. The number of carbonyl (C=O) groups excluding carboxylic acids is 2. The van der Waals surface area contributed by atoms with Crippen LogP contribution >= 0.6 is 0 Å². The number of fused-ring (bicyclic) bond motifs is 1. The SMILES string of the molecule is CN1CCC(Oc2ccc(C(=O)Nc3n[nH]c4c3CN(S(=O)(=O)c3cc(F)cc(F)c3)CC4(C)C)c(NC(=O)[C@H]3CCCO3)c2)CC1. The maximum atomic E-state index is 14.0. The second kappa shape index (κ2) is 12.9. The van der Waals surface area contributed by atoms with Gasteiger partial charge in [0.25, 0.3) is 11.8 Å². The van der Waals surface area contributed by atoms with Gasteiger partial charge in [-0.2, -0.15) is 9.40 Å². The topological polar surface area (TPSA) is 146 Å². The molecule has 6 rings (SSSR count). The minimum Gasteiger partial charge on any atom is -0.490 e. The first-order valence-corrected chi connectivity index (χ1v) is 17.0. The number of amides is 2. The van der Waals surface area contributed by atoms with Crippen molar-refractivity contribution in [1.29, 1.82) is 0 Å². The fraction of sp³-hybridized carbons (Fsp3) is 0.469. The Balaban J connectivity index is 1.27. The average molecular weight is 673 g/mol. The summed E-state index contributed by atoms with van der Waals surface area (Å²) in [5.74, 6) is -2.40. The largest absolute Gasteiger partial charge is 0.490 e. The Hall–Kier alpha value is -3.92. The molecule has 3 aliphatic heterocycles. The zero-order valence-corrected chi connectivity index (χ0v) is 27.3. The number of sulfonamides is 1. The minimum absolute atomic E-state index is 0.00498. The highest BCUT2D eigenvalue weighted by atomic mass is 32.2. The summed E-state index contributed by atoms with van der Waals surface area (Å²) < 4.78 is 67.8. The Morgan fingerprint density at radius 3 is 2.47 bits per heavy atom. The van der Waals surface area contributed by atoms with E-state index in [1.807, 2.05) is 0 Å². The number of hydrogen-bond acceptors (Lipinski definition) is 8. The first-order valence-electron chi connectivity index (χ1n) is 15.6. The highest BCUT2D eigenvalue weighted by Gasteiger charge is 2.41. The van der Waals surface area contributed by atoms with Gasteiger partial charge in [0, 0.05) is 61.6 Å². The molecule has 1 atom stereocenters. The summed E-state index contributed by atoms with van der Waals surface area (Å²) in [6, 6.07) is 6.99. The van der Waals surface area contributed by atoms with Crippen molar-refractivity contribution in [3.8, 4) is 5.75 Å². The highest BCUT2D eigenvalue weighted by molar-refractivity contribution is 7.89. The van der Waals surface area contributed by atoms with E-state index < -0.39 is 44.0 Å². The van der Waals surface area contributed by atoms with Crippen molar-refractivity contribution in [3.05, 3.63) is 64.9 Å². The molecular formula is C32H38F2N6O6S. The van der Waals surface area contributed by atoms with Crippen LogP contribution in [-0.4, -0.2) is 85.1 Å². The van der Waals surface area contributed by atoms with Crippen molar-refractivity contribution in [2.24, 2.45) is 0 Å². The van der Waals surface area contributed by atoms with E-state index in [9.17, 15) is 26.8 Å². The molecule has 12 nitrogen and oxygen atoms in total. The first kappa shape index (κ1) is 33.0. The molecule has 0 unspecified atom stereocenters. The van der Waals surface area contributed by atoms with Crippen molar-refractivity contribution in [2.45, 2.75) is 68.6 Å². The molecular weight excluding hydrogens is 634 g/mol. The van der Waals surface area contributed by atoms with E-state index in [4.69, 9.17) is 9.47 Å². The molecule has 0 saturated carbocycles. The number of ether oxygens (including phenoxy) is 2. The smallest absolute Gasteiger partial charge is 0.258 e. The lowest BCUT2D eigenvalue weighted by molar-refractivity contribution is -0.124. The Morgan fingerprint density at radius 1 is 1.06 bits per heavy atom. The monoisotopic (exact) mass is 672 g/mol. The molecule has 2 amide bonds. The summed E-state index contributed by atoms with van der Waals surface area (Å²) in [5.41, 5.74) is 0.588. The maximum Gasteiger partial charge on any atom is 0.258 e. The van der Waals surface area contributed by atoms with E-state index in [2.05, 4.69) is 32.8 Å². The van der Waals surface area contributed by atoms with Crippen molar-refractivity contribution >= 4 is 33.3 Å². The Morgan fingerprint density at radius 2 is 1.79 bits per heavy atom. The Labute approximate surface area is 271 Å². The molecule has 2 saturated heterocycles. The maximum absolute atomic E-state index is 14.0. The van der Waals surface area contributed by atoms with Gasteiger partial charge in [-0.1, -0.05) is 13.8 Å². The van der Waals surface area contributed by atoms with Gasteiger partial charge < -0.3 is 25.0 Å². The zero-order valence-electron chi connectivity index (χ0n) is 26.4. The van der Waals surface area contributed by atoms with Crippen molar-refractivity contribution in [3.63, 3.8) is 0 Å². The molecule has 0 bridgehead atoms. The highest BCUT2D eigenvalue weighted by Crippen LogP contribution is 2.38. The number of rotatable bonds is 8. The number of anilines is 2. The molecule has 47 heavy (non-hydrogen) atoms. The van der Waals surface area contributed by atoms with Crippen molar-refractivity contribution < 1.29 is 36.3 Å². The van der Waals surface area contributed by atoms with Crippen LogP contribution in [0.5, 0.6) is 5.75 Å². The number of H-pyrrole nitrogens is 1. The quantitative estimate of drug-likeness (QED) is 0.326. The molecule has 3 aromatic rings. The molecule has 15 heteroatoms. The predicted octanol–water partition coefficient (Wildman–Crippen LogP) is 4.01. The van der Waals surface area contributed by atoms with Gasteiger partial charge in [-0.25, -0.2) is 17.2 Å². The third-order valence-electron chi connectivity index (χ3n) is 8.84. The summed E-state index contributed by atoms with van der Waals surface area (Å²) in [6.07, 6.45) is 2.37. The van der Waals surface area contributed by atoms with E-state index in [1.165, 1.54) is 0 Å². The summed E-state index contributed by atoms with van der Waals surface area (Å²) in [5, 5.41) is 12.8. The Kier molecular flexibility index (Phi) is 9.09. The lowest BCUT2D eigenvalue weighted by atomic mass is 9.84. The predicted molar refractivity (Wildman–Crippen MR) is 169 cm³/mol. The van der Waals surface area contributed by atoms with Crippen LogP contribution in [0.1, 0.15) is 61.1 Å². The fourth-order valence-electron chi connectivity index (χ4n) is 6.30. The molecule has 3 aliphatic rings. The van der Waals surface area contributed by atoms with Gasteiger partial charge in [0.2, 0.25) is 10.0 Å². The number of nitrogens with zero attached hydrogens (tertiary/aromatic N) is 3. The van der Waals surface area contributed by atoms with E-state index in [-0.39, 0.29) is 42.2 Å². The molecule has 3 N–H and O–H groups in total. The number of aromatic amines is 1. The van der Waals surface area contributed by atoms with Crippen LogP contribution in [0.3, 0.4) is 0 Å². The van der Waals surface area contributed by atoms with Gasteiger partial charge >= 0.3 is 0 Å². The number of hydrogen-bond donors (Lipinski definition) is 3. The van der Waals surface area contributed by atoms with Crippen molar-refractivity contribution in [1.82, 2.24) is 19.4 Å². The third-order valence-corrected chi connectivity index (χ3v) is 10.6. The van der Waals surface area contributed by atoms with Gasteiger partial charge in [-0.15, -0.1) is 0 Å². The number of aromatic nitrogens is 2. The summed E-state index contributed by atoms with van der Waals surface area (Å²) in [4.78, 5) is 28.6. The van der Waals surface area contributed by atoms with Crippen LogP contribution < -0.4 is 15.4 Å². The molecule has 4 heterocycles. The van der Waals surface area contributed by atoms with Crippen LogP contribution in [0.2, 0.25) is 0 Å². The number of likely N-dealkylation sites (tertiary alicyclic amines) is 1. The molecule has 2 aromatic carbocycles. The number of nitrogens with one attached hydrogen (secondary N) is 3. The second-order valence-electron chi connectivity index (χ2n) is 13.0. The summed E-state index contributed by atoms with van der Waals surface area (Å²) >= 11 is 0. The van der Waals surface area contributed by atoms with Crippen LogP contribution in [-0.2, 0) is 31.5 Å². The van der Waals surface area contributed by atoms with E-state index in [1.54, 1.807) is 32.0 Å². The average Bonchev–Trinajstić information content (AvgIpc) is 3.69. The van der Waals surface area contributed by atoms with Gasteiger partial charge in [-0.3, -0.25) is 14.7 Å². The van der Waals surface area contributed by atoms with Gasteiger partial charge in [0.1, 0.15) is 29.6 Å². The van der Waals surface area contributed by atoms with Gasteiger partial charge in [-0.05, 0) is 57.0 Å². The van der Waals surface area contributed by atoms with Crippen LogP contribution in [0.4, 0.5) is 20.3 Å². The molecule has 2 fully saturated rings. The standard InChI is InChI=1S/C32H38F2N6O6S/c1-32(2)18-40(47(43,44)23-14-19(33)13-20(34)15-23)17-25-28(32)37-38-29(25)36-30(41)24-7-6-22(46-21-8-10-39(3)11-9-21)16-26(24)35-31(42)27-5-4-12-45-27/h6-7,13-16,21,27H,4-5,8-12,17-18H2,1-3H3,(H,35,42)(H2,36,37,38,41)/t27-/m1/s1. The van der Waals surface area contributed by atoms with Gasteiger partial charge in [0.05, 0.1) is 16.1 Å².